The van der Waals surface area contributed by atoms with E-state index in [1.165, 1.54) is 30.2 Å². The van der Waals surface area contributed by atoms with Gasteiger partial charge >= 0.3 is 0 Å². The molecule has 3 heterocycles. The number of hydrogen-bond donors (Lipinski definition) is 0. The molecule has 98 valence electrons. The molecule has 5 heteroatoms. The molecular weight excluding hydrogens is 244 g/mol. The van der Waals surface area contributed by atoms with E-state index in [9.17, 15) is 0 Å². The lowest BCUT2D eigenvalue weighted by atomic mass is 10.1. The van der Waals surface area contributed by atoms with Gasteiger partial charge in [-0.3, -0.25) is 4.90 Å². The average molecular weight is 264 g/mol. The SMILES string of the molecule is Cc1ncnc(N2CC(N3CCSCC3)C2)c1C. The minimum Gasteiger partial charge on any atom is -0.353 e. The normalized spacial score (nSPS) is 22.0. The summed E-state index contributed by atoms with van der Waals surface area (Å²) in [5.74, 6) is 3.72. The molecule has 2 aliphatic rings. The molecule has 0 spiro atoms. The summed E-state index contributed by atoms with van der Waals surface area (Å²) in [5.41, 5.74) is 2.32. The van der Waals surface area contributed by atoms with E-state index < -0.39 is 0 Å². The van der Waals surface area contributed by atoms with Gasteiger partial charge in [-0.05, 0) is 13.8 Å². The van der Waals surface area contributed by atoms with Crippen molar-refractivity contribution in [3.8, 4) is 0 Å². The molecule has 0 saturated carbocycles. The van der Waals surface area contributed by atoms with E-state index in [2.05, 4.69) is 45.4 Å². The summed E-state index contributed by atoms with van der Waals surface area (Å²) in [6.07, 6.45) is 1.68. The number of aromatic nitrogens is 2. The van der Waals surface area contributed by atoms with E-state index in [-0.39, 0.29) is 0 Å². The van der Waals surface area contributed by atoms with E-state index in [4.69, 9.17) is 0 Å². The van der Waals surface area contributed by atoms with Crippen molar-refractivity contribution in [1.82, 2.24) is 14.9 Å². The third-order valence-electron chi connectivity index (χ3n) is 4.03. The van der Waals surface area contributed by atoms with E-state index in [1.807, 2.05) is 0 Å². The largest absolute Gasteiger partial charge is 0.353 e. The predicted molar refractivity (Wildman–Crippen MR) is 76.4 cm³/mol. The molecule has 0 aliphatic carbocycles. The van der Waals surface area contributed by atoms with Crippen molar-refractivity contribution in [3.05, 3.63) is 17.6 Å². The maximum atomic E-state index is 4.43. The average Bonchev–Trinajstić information content (AvgIpc) is 2.34. The topological polar surface area (TPSA) is 32.3 Å². The van der Waals surface area contributed by atoms with E-state index in [0.717, 1.165) is 30.6 Å². The minimum absolute atomic E-state index is 0.737. The Kier molecular flexibility index (Phi) is 3.43. The standard InChI is InChI=1S/C13H20N4S/c1-10-11(2)14-9-15-13(10)17-7-12(8-17)16-3-5-18-6-4-16/h9,12H,3-8H2,1-2H3. The summed E-state index contributed by atoms with van der Waals surface area (Å²) in [5, 5.41) is 0. The molecular formula is C13H20N4S. The second-order valence-corrected chi connectivity index (χ2v) is 6.34. The number of rotatable bonds is 2. The highest BCUT2D eigenvalue weighted by molar-refractivity contribution is 7.99. The monoisotopic (exact) mass is 264 g/mol. The molecule has 2 aliphatic heterocycles. The van der Waals surface area contributed by atoms with Crippen LogP contribution in [-0.4, -0.2) is 58.6 Å². The molecule has 0 unspecified atom stereocenters. The number of anilines is 1. The summed E-state index contributed by atoms with van der Waals surface area (Å²) in [7, 11) is 0. The van der Waals surface area contributed by atoms with Crippen LogP contribution in [0.1, 0.15) is 11.3 Å². The second kappa shape index (κ2) is 5.05. The van der Waals surface area contributed by atoms with Crippen LogP contribution in [0.25, 0.3) is 0 Å². The van der Waals surface area contributed by atoms with Gasteiger partial charge in [0.05, 0.1) is 0 Å². The molecule has 4 nitrogen and oxygen atoms in total. The van der Waals surface area contributed by atoms with Crippen molar-refractivity contribution in [3.63, 3.8) is 0 Å². The molecule has 3 rings (SSSR count). The van der Waals surface area contributed by atoms with Crippen LogP contribution in [0.5, 0.6) is 0 Å². The number of thioether (sulfide) groups is 1. The summed E-state index contributed by atoms with van der Waals surface area (Å²) in [4.78, 5) is 13.7. The molecule has 0 aromatic carbocycles. The first-order valence-corrected chi connectivity index (χ1v) is 7.76. The van der Waals surface area contributed by atoms with Crippen LogP contribution in [-0.2, 0) is 0 Å². The van der Waals surface area contributed by atoms with Crippen LogP contribution in [0.15, 0.2) is 6.33 Å². The van der Waals surface area contributed by atoms with Crippen molar-refractivity contribution in [2.75, 3.05) is 42.6 Å². The van der Waals surface area contributed by atoms with Crippen LogP contribution in [0.2, 0.25) is 0 Å². The first kappa shape index (κ1) is 12.2. The highest BCUT2D eigenvalue weighted by Crippen LogP contribution is 2.26. The fraction of sp³-hybridized carbons (Fsp3) is 0.692. The zero-order valence-corrected chi connectivity index (χ0v) is 11.9. The van der Waals surface area contributed by atoms with Gasteiger partial charge in [0.15, 0.2) is 0 Å². The lowest BCUT2D eigenvalue weighted by Crippen LogP contribution is -2.61. The van der Waals surface area contributed by atoms with Crippen molar-refractivity contribution >= 4 is 17.6 Å². The molecule has 1 aromatic rings. The summed E-state index contributed by atoms with van der Waals surface area (Å²) in [6, 6.07) is 0.737. The molecule has 2 fully saturated rings. The van der Waals surface area contributed by atoms with Crippen LogP contribution in [0, 0.1) is 13.8 Å². The maximum absolute atomic E-state index is 4.43. The molecule has 2 saturated heterocycles. The Bertz CT molecular complexity index is 425. The van der Waals surface area contributed by atoms with Gasteiger partial charge in [0.25, 0.3) is 0 Å². The molecule has 0 radical (unpaired) electrons. The Morgan fingerprint density at radius 1 is 1.17 bits per heavy atom. The van der Waals surface area contributed by atoms with Crippen LogP contribution < -0.4 is 4.90 Å². The van der Waals surface area contributed by atoms with Crippen molar-refractivity contribution in [1.29, 1.82) is 0 Å². The first-order valence-electron chi connectivity index (χ1n) is 6.60. The lowest BCUT2D eigenvalue weighted by molar-refractivity contribution is 0.182. The van der Waals surface area contributed by atoms with Crippen molar-refractivity contribution in [2.24, 2.45) is 0 Å². The van der Waals surface area contributed by atoms with Gasteiger partial charge in [0.2, 0.25) is 0 Å². The van der Waals surface area contributed by atoms with Gasteiger partial charge in [0.1, 0.15) is 12.1 Å². The molecule has 0 bridgehead atoms. The summed E-state index contributed by atoms with van der Waals surface area (Å²) < 4.78 is 0. The quantitative estimate of drug-likeness (QED) is 0.804. The van der Waals surface area contributed by atoms with E-state index >= 15 is 0 Å². The smallest absolute Gasteiger partial charge is 0.135 e. The van der Waals surface area contributed by atoms with E-state index in [1.54, 1.807) is 6.33 Å². The molecule has 0 atom stereocenters. The van der Waals surface area contributed by atoms with Crippen molar-refractivity contribution in [2.45, 2.75) is 19.9 Å². The lowest BCUT2D eigenvalue weighted by Gasteiger charge is -2.47. The Morgan fingerprint density at radius 2 is 1.89 bits per heavy atom. The molecule has 1 aromatic heterocycles. The number of nitrogens with zero attached hydrogens (tertiary/aromatic N) is 4. The Hall–Kier alpha value is -0.810. The minimum atomic E-state index is 0.737. The summed E-state index contributed by atoms with van der Waals surface area (Å²) >= 11 is 2.08. The fourth-order valence-electron chi connectivity index (χ4n) is 2.65. The van der Waals surface area contributed by atoms with Gasteiger partial charge in [-0.1, -0.05) is 0 Å². The maximum Gasteiger partial charge on any atom is 0.135 e. The zero-order chi connectivity index (χ0) is 12.5. The molecule has 18 heavy (non-hydrogen) atoms. The third kappa shape index (κ3) is 2.21. The van der Waals surface area contributed by atoms with Gasteiger partial charge in [-0.2, -0.15) is 11.8 Å². The zero-order valence-electron chi connectivity index (χ0n) is 11.1. The summed E-state index contributed by atoms with van der Waals surface area (Å²) in [6.45, 7) is 8.94. The Balaban J connectivity index is 1.63. The van der Waals surface area contributed by atoms with Gasteiger partial charge in [-0.15, -0.1) is 0 Å². The van der Waals surface area contributed by atoms with E-state index in [0.29, 0.717) is 0 Å². The highest BCUT2D eigenvalue weighted by atomic mass is 32.2. The molecule has 0 amide bonds. The Labute approximate surface area is 113 Å². The highest BCUT2D eigenvalue weighted by Gasteiger charge is 2.33. The number of hydrogen-bond acceptors (Lipinski definition) is 5. The van der Waals surface area contributed by atoms with Crippen molar-refractivity contribution < 1.29 is 0 Å². The Morgan fingerprint density at radius 3 is 2.61 bits per heavy atom. The third-order valence-corrected chi connectivity index (χ3v) is 4.98. The van der Waals surface area contributed by atoms with Gasteiger partial charge < -0.3 is 4.90 Å². The number of aryl methyl sites for hydroxylation is 1. The van der Waals surface area contributed by atoms with Crippen LogP contribution in [0.3, 0.4) is 0 Å². The predicted octanol–water partition coefficient (Wildman–Crippen LogP) is 1.33. The second-order valence-electron chi connectivity index (χ2n) is 5.11. The van der Waals surface area contributed by atoms with Gasteiger partial charge in [0, 0.05) is 55.0 Å². The van der Waals surface area contributed by atoms with Crippen LogP contribution >= 0.6 is 11.8 Å². The molecule has 0 N–H and O–H groups in total. The van der Waals surface area contributed by atoms with Gasteiger partial charge in [-0.25, -0.2) is 9.97 Å². The van der Waals surface area contributed by atoms with Crippen LogP contribution in [0.4, 0.5) is 5.82 Å². The first-order chi connectivity index (χ1) is 8.75. The fourth-order valence-corrected chi connectivity index (χ4v) is 3.58.